The summed E-state index contributed by atoms with van der Waals surface area (Å²) in [4.78, 5) is 19.3. The predicted molar refractivity (Wildman–Crippen MR) is 146 cm³/mol. The van der Waals surface area contributed by atoms with E-state index < -0.39 is 10.0 Å². The van der Waals surface area contributed by atoms with E-state index in [-0.39, 0.29) is 27.2 Å². The molecule has 35 heavy (non-hydrogen) atoms. The van der Waals surface area contributed by atoms with Crippen LogP contribution in [0.4, 0.5) is 10.8 Å². The molecule has 188 valence electrons. The van der Waals surface area contributed by atoms with Crippen molar-refractivity contribution in [3.05, 3.63) is 71.3 Å². The first-order valence-corrected chi connectivity index (χ1v) is 13.9. The number of carbonyl (C=O) groups is 1. The van der Waals surface area contributed by atoms with Gasteiger partial charge < -0.3 is 14.8 Å². The molecule has 2 atom stereocenters. The van der Waals surface area contributed by atoms with Gasteiger partial charge in [-0.1, -0.05) is 17.7 Å². The fraction of sp³-hybridized carbons (Fsp3) is 0.250. The number of fused-ring (bicyclic) bond motifs is 1. The highest BCUT2D eigenvalue weighted by Crippen LogP contribution is 2.26. The van der Waals surface area contributed by atoms with Crippen molar-refractivity contribution in [2.45, 2.75) is 30.3 Å². The maximum atomic E-state index is 13.0. The number of aromatic nitrogens is 2. The number of anilines is 2. The Balaban J connectivity index is 0.00000169. The van der Waals surface area contributed by atoms with E-state index in [0.29, 0.717) is 16.7 Å². The van der Waals surface area contributed by atoms with E-state index >= 15 is 0 Å². The van der Waals surface area contributed by atoms with Gasteiger partial charge in [-0.25, -0.2) is 13.4 Å². The smallest absolute Gasteiger partial charge is 0.263 e. The first-order chi connectivity index (χ1) is 16.8. The molecule has 0 aliphatic carbocycles. The largest absolute Gasteiger partial charge is 0.369 e. The number of nitrogens with zero attached hydrogens (tertiary/aromatic N) is 3. The Morgan fingerprint density at radius 2 is 2.03 bits per heavy atom. The summed E-state index contributed by atoms with van der Waals surface area (Å²) >= 11 is 7.37. The molecule has 0 unspecified atom stereocenters. The topological polar surface area (TPSA) is 96.3 Å². The van der Waals surface area contributed by atoms with Crippen LogP contribution in [0.1, 0.15) is 23.7 Å². The van der Waals surface area contributed by atoms with Gasteiger partial charge >= 0.3 is 0 Å². The number of hydrogen-bond acceptors (Lipinski definition) is 6. The van der Waals surface area contributed by atoms with Crippen LogP contribution in [0, 0.1) is 0 Å². The summed E-state index contributed by atoms with van der Waals surface area (Å²) in [5.41, 5.74) is 1.83. The number of amides is 1. The molecular weight excluding hydrogens is 506 g/mol. The van der Waals surface area contributed by atoms with Gasteiger partial charge in [0.15, 0.2) is 5.13 Å². The molecule has 4 aromatic rings. The van der Waals surface area contributed by atoms with Crippen LogP contribution < -0.4 is 14.9 Å². The van der Waals surface area contributed by atoms with Gasteiger partial charge in [-0.15, -0.1) is 11.3 Å². The molecule has 1 saturated heterocycles. The lowest BCUT2D eigenvalue weighted by molar-refractivity contribution is -0.124. The molecule has 0 spiro atoms. The fourth-order valence-corrected chi connectivity index (χ4v) is 6.26. The minimum absolute atomic E-state index is 0. The second-order valence-electron chi connectivity index (χ2n) is 8.48. The van der Waals surface area contributed by atoms with Crippen LogP contribution in [0.2, 0.25) is 5.02 Å². The summed E-state index contributed by atoms with van der Waals surface area (Å²) < 4.78 is 29.5. The molecule has 1 aliphatic rings. The SMILES string of the molecule is C[C@H](C(=O)N[C@H]1CCN(c2ccc(S(=O)(=O)Nc3nccs3)cc2)C1)n1ccc2ccc(Cl)cc21.[HH].[HH].[HH]. The van der Waals surface area contributed by atoms with Gasteiger partial charge in [-0.05, 0) is 61.2 Å². The first-order valence-electron chi connectivity index (χ1n) is 11.1. The number of nitrogens with one attached hydrogen (secondary N) is 2. The van der Waals surface area contributed by atoms with Gasteiger partial charge in [0.05, 0.1) is 10.4 Å². The third-order valence-corrected chi connectivity index (χ3v) is 8.59. The van der Waals surface area contributed by atoms with Crippen molar-refractivity contribution in [2.75, 3.05) is 22.7 Å². The molecule has 11 heteroatoms. The fourth-order valence-electron chi connectivity index (χ4n) is 4.30. The standard InChI is InChI=1S/C24H24ClN5O3S2.3H2/c1-16(30-12-8-17-2-3-18(25)14-22(17)30)23(31)27-19-9-11-29(15-19)20-4-6-21(7-5-20)35(32,33)28-24-26-10-13-34-24;;;/h2-8,10,12-14,16,19H,9,11,15H2,1H3,(H,26,28)(H,27,31);3*1H/t16-,19+;;;/m1.../s1. The quantitative estimate of drug-likeness (QED) is 0.337. The molecule has 0 saturated carbocycles. The zero-order valence-corrected chi connectivity index (χ0v) is 21.3. The van der Waals surface area contributed by atoms with Gasteiger partial charge in [0.25, 0.3) is 10.0 Å². The molecule has 2 aromatic heterocycles. The Morgan fingerprint density at radius 3 is 2.77 bits per heavy atom. The lowest BCUT2D eigenvalue weighted by Crippen LogP contribution is -2.40. The van der Waals surface area contributed by atoms with Crippen LogP contribution in [0.25, 0.3) is 10.9 Å². The number of carbonyl (C=O) groups excluding carboxylic acids is 1. The molecule has 8 nitrogen and oxygen atoms in total. The molecule has 1 aliphatic heterocycles. The number of benzene rings is 2. The van der Waals surface area contributed by atoms with Crippen molar-refractivity contribution in [1.82, 2.24) is 14.9 Å². The maximum absolute atomic E-state index is 13.0. The van der Waals surface area contributed by atoms with E-state index in [1.54, 1.807) is 35.8 Å². The van der Waals surface area contributed by atoms with E-state index in [9.17, 15) is 13.2 Å². The Hall–Kier alpha value is -3.08. The average molecular weight is 536 g/mol. The number of sulfonamides is 1. The number of halogens is 1. The molecular formula is C24H30ClN5O3S2. The molecule has 2 aromatic carbocycles. The van der Waals surface area contributed by atoms with Crippen molar-refractivity contribution in [2.24, 2.45) is 0 Å². The average Bonchev–Trinajstić information content (AvgIpc) is 3.60. The second kappa shape index (κ2) is 9.52. The summed E-state index contributed by atoms with van der Waals surface area (Å²) in [5.74, 6) is -0.0518. The highest BCUT2D eigenvalue weighted by molar-refractivity contribution is 7.93. The minimum atomic E-state index is -3.69. The van der Waals surface area contributed by atoms with Gasteiger partial charge in [0.1, 0.15) is 6.04 Å². The molecule has 2 N–H and O–H groups in total. The third-order valence-electron chi connectivity index (χ3n) is 6.18. The first kappa shape index (κ1) is 23.7. The van der Waals surface area contributed by atoms with Crippen molar-refractivity contribution in [3.8, 4) is 0 Å². The van der Waals surface area contributed by atoms with Gasteiger partial charge in [0, 0.05) is 51.9 Å². The normalized spacial score (nSPS) is 17.0. The summed E-state index contributed by atoms with van der Waals surface area (Å²) in [6, 6.07) is 14.0. The van der Waals surface area contributed by atoms with Crippen LogP contribution in [-0.2, 0) is 14.8 Å². The Labute approximate surface area is 217 Å². The van der Waals surface area contributed by atoms with Crippen LogP contribution in [0.3, 0.4) is 0 Å². The van der Waals surface area contributed by atoms with E-state index in [1.165, 1.54) is 11.3 Å². The molecule has 5 rings (SSSR count). The maximum Gasteiger partial charge on any atom is 0.263 e. The summed E-state index contributed by atoms with van der Waals surface area (Å²) in [5, 5.41) is 6.87. The Kier molecular flexibility index (Phi) is 6.43. The van der Waals surface area contributed by atoms with Crippen LogP contribution >= 0.6 is 22.9 Å². The van der Waals surface area contributed by atoms with Crippen LogP contribution in [0.5, 0.6) is 0 Å². The van der Waals surface area contributed by atoms with E-state index in [0.717, 1.165) is 29.6 Å². The Bertz CT molecular complexity index is 1470. The number of hydrogen-bond donors (Lipinski definition) is 2. The van der Waals surface area contributed by atoms with E-state index in [4.69, 9.17) is 11.6 Å². The van der Waals surface area contributed by atoms with Gasteiger partial charge in [-0.2, -0.15) is 0 Å². The summed E-state index contributed by atoms with van der Waals surface area (Å²) in [6.45, 7) is 3.30. The monoisotopic (exact) mass is 535 g/mol. The lowest BCUT2D eigenvalue weighted by Gasteiger charge is -2.21. The molecule has 0 radical (unpaired) electrons. The van der Waals surface area contributed by atoms with Crippen molar-refractivity contribution in [3.63, 3.8) is 0 Å². The lowest BCUT2D eigenvalue weighted by atomic mass is 10.2. The third kappa shape index (κ3) is 5.00. The van der Waals surface area contributed by atoms with Gasteiger partial charge in [-0.3, -0.25) is 9.52 Å². The van der Waals surface area contributed by atoms with E-state index in [1.807, 2.05) is 42.0 Å². The minimum Gasteiger partial charge on any atom is -0.369 e. The van der Waals surface area contributed by atoms with E-state index in [2.05, 4.69) is 19.9 Å². The predicted octanol–water partition coefficient (Wildman–Crippen LogP) is 5.25. The van der Waals surface area contributed by atoms with Crippen molar-refractivity contribution < 1.29 is 17.5 Å². The van der Waals surface area contributed by atoms with Crippen molar-refractivity contribution in [1.29, 1.82) is 0 Å². The highest BCUT2D eigenvalue weighted by atomic mass is 35.5. The number of rotatable bonds is 7. The summed E-state index contributed by atoms with van der Waals surface area (Å²) in [6.07, 6.45) is 4.26. The molecule has 1 fully saturated rings. The van der Waals surface area contributed by atoms with Crippen LogP contribution in [0.15, 0.2) is 71.2 Å². The summed E-state index contributed by atoms with van der Waals surface area (Å²) in [7, 11) is -3.69. The zero-order valence-electron chi connectivity index (χ0n) is 18.9. The van der Waals surface area contributed by atoms with Crippen LogP contribution in [-0.4, -0.2) is 43.0 Å². The molecule has 1 amide bonds. The molecule has 0 bridgehead atoms. The zero-order chi connectivity index (χ0) is 24.6. The van der Waals surface area contributed by atoms with Crippen molar-refractivity contribution >= 4 is 60.6 Å². The highest BCUT2D eigenvalue weighted by Gasteiger charge is 2.27. The van der Waals surface area contributed by atoms with Gasteiger partial charge in [0.2, 0.25) is 5.91 Å². The second-order valence-corrected chi connectivity index (χ2v) is 11.5. The number of thiazole rings is 1. The molecule has 3 heterocycles. The Morgan fingerprint density at radius 1 is 1.23 bits per heavy atom.